The summed E-state index contributed by atoms with van der Waals surface area (Å²) in [6.07, 6.45) is 6.21. The largest absolute Gasteiger partial charge is 0.370 e. The normalized spacial score (nSPS) is 20.9. The molecular weight excluding hydrogens is 443 g/mol. The van der Waals surface area contributed by atoms with Crippen LogP contribution in [0.15, 0.2) is 29.3 Å². The van der Waals surface area contributed by atoms with Crippen LogP contribution in [0.3, 0.4) is 0 Å². The van der Waals surface area contributed by atoms with Gasteiger partial charge in [-0.15, -0.1) is 24.0 Å². The number of nitrogens with zero attached hydrogens (tertiary/aromatic N) is 2. The number of benzene rings is 1. The van der Waals surface area contributed by atoms with Crippen LogP contribution in [0.1, 0.15) is 38.2 Å². The predicted octanol–water partition coefficient (Wildman–Crippen LogP) is 3.96. The Kier molecular flexibility index (Phi) is 8.35. The fourth-order valence-electron chi connectivity index (χ4n) is 3.93. The first-order chi connectivity index (χ1) is 11.7. The Morgan fingerprint density at radius 1 is 1.28 bits per heavy atom. The molecule has 0 amide bonds. The number of aliphatic imine (C=N–C) groups is 1. The fraction of sp³-hybridized carbons (Fsp3) is 0.632. The van der Waals surface area contributed by atoms with Crippen molar-refractivity contribution < 1.29 is 0 Å². The van der Waals surface area contributed by atoms with Gasteiger partial charge < -0.3 is 11.1 Å². The molecule has 0 atom stereocenters. The van der Waals surface area contributed by atoms with E-state index in [0.717, 1.165) is 18.7 Å². The number of rotatable bonds is 5. The van der Waals surface area contributed by atoms with E-state index >= 15 is 0 Å². The smallest absolute Gasteiger partial charge is 0.193 e. The van der Waals surface area contributed by atoms with Gasteiger partial charge in [0.2, 0.25) is 0 Å². The number of halogens is 1. The van der Waals surface area contributed by atoms with Gasteiger partial charge in [-0.3, -0.25) is 9.89 Å². The summed E-state index contributed by atoms with van der Waals surface area (Å²) in [6, 6.07) is 8.41. The zero-order valence-corrected chi connectivity index (χ0v) is 18.3. The topological polar surface area (TPSA) is 53.6 Å². The summed E-state index contributed by atoms with van der Waals surface area (Å²) in [5.41, 5.74) is 8.77. The second kappa shape index (κ2) is 10.0. The standard InChI is InChI=1S/C19H30N4S.HI/c1-2-16-6-5-7-17(14-16)22-18(20)21-15-19(8-3-4-9-19)23-10-12-24-13-11-23;/h5-7,14H,2-4,8-13,15H2,1H3,(H3,20,21,22);1H. The maximum absolute atomic E-state index is 6.18. The summed E-state index contributed by atoms with van der Waals surface area (Å²) in [6.45, 7) is 5.39. The van der Waals surface area contributed by atoms with Gasteiger partial charge >= 0.3 is 0 Å². The SMILES string of the molecule is CCc1cccc(NC(N)=NCC2(N3CCSCC3)CCCC2)c1.I. The van der Waals surface area contributed by atoms with E-state index in [0.29, 0.717) is 5.96 Å². The van der Waals surface area contributed by atoms with E-state index in [1.54, 1.807) is 0 Å². The lowest BCUT2D eigenvalue weighted by Gasteiger charge is -2.42. The quantitative estimate of drug-likeness (QED) is 0.386. The van der Waals surface area contributed by atoms with Crippen molar-refractivity contribution in [3.8, 4) is 0 Å². The Labute approximate surface area is 173 Å². The third-order valence-corrected chi connectivity index (χ3v) is 6.31. The highest BCUT2D eigenvalue weighted by Crippen LogP contribution is 2.37. The van der Waals surface area contributed by atoms with Gasteiger partial charge in [-0.25, -0.2) is 0 Å². The Bertz CT molecular complexity index is 566. The fourth-order valence-corrected chi connectivity index (χ4v) is 4.84. The van der Waals surface area contributed by atoms with Gasteiger partial charge in [0.25, 0.3) is 0 Å². The number of nitrogens with one attached hydrogen (secondary N) is 1. The number of thioether (sulfide) groups is 1. The predicted molar refractivity (Wildman–Crippen MR) is 121 cm³/mol. The maximum atomic E-state index is 6.18. The Balaban J connectivity index is 0.00000225. The van der Waals surface area contributed by atoms with Crippen molar-refractivity contribution in [2.75, 3.05) is 36.5 Å². The molecule has 1 aromatic rings. The van der Waals surface area contributed by atoms with Crippen molar-refractivity contribution >= 4 is 47.4 Å². The average molecular weight is 474 g/mol. The minimum atomic E-state index is 0. The molecule has 1 heterocycles. The lowest BCUT2D eigenvalue weighted by molar-refractivity contribution is 0.112. The zero-order valence-electron chi connectivity index (χ0n) is 15.2. The molecule has 0 spiro atoms. The molecule has 25 heavy (non-hydrogen) atoms. The third kappa shape index (κ3) is 5.50. The minimum absolute atomic E-state index is 0. The monoisotopic (exact) mass is 474 g/mol. The van der Waals surface area contributed by atoms with E-state index in [4.69, 9.17) is 10.7 Å². The molecule has 1 aromatic carbocycles. The van der Waals surface area contributed by atoms with Crippen molar-refractivity contribution in [3.63, 3.8) is 0 Å². The highest BCUT2D eigenvalue weighted by Gasteiger charge is 2.39. The summed E-state index contributed by atoms with van der Waals surface area (Å²) in [5.74, 6) is 3.05. The van der Waals surface area contributed by atoms with Crippen LogP contribution < -0.4 is 11.1 Å². The van der Waals surface area contributed by atoms with Gasteiger partial charge in [0, 0.05) is 35.8 Å². The van der Waals surface area contributed by atoms with Gasteiger partial charge in [-0.05, 0) is 37.0 Å². The van der Waals surface area contributed by atoms with Crippen LogP contribution in [0.2, 0.25) is 0 Å². The first kappa shape index (κ1) is 20.8. The highest BCUT2D eigenvalue weighted by atomic mass is 127. The molecule has 3 N–H and O–H groups in total. The third-order valence-electron chi connectivity index (χ3n) is 5.37. The summed E-state index contributed by atoms with van der Waals surface area (Å²) in [4.78, 5) is 7.42. The summed E-state index contributed by atoms with van der Waals surface area (Å²) in [7, 11) is 0. The van der Waals surface area contributed by atoms with Crippen molar-refractivity contribution in [1.82, 2.24) is 4.90 Å². The highest BCUT2D eigenvalue weighted by molar-refractivity contribution is 14.0. The minimum Gasteiger partial charge on any atom is -0.370 e. The molecule has 2 fully saturated rings. The Morgan fingerprint density at radius 3 is 2.68 bits per heavy atom. The van der Waals surface area contributed by atoms with Crippen LogP contribution >= 0.6 is 35.7 Å². The zero-order chi connectivity index (χ0) is 16.8. The average Bonchev–Trinajstić information content (AvgIpc) is 3.11. The molecule has 0 bridgehead atoms. The molecule has 0 aromatic heterocycles. The molecule has 1 aliphatic heterocycles. The van der Waals surface area contributed by atoms with Crippen LogP contribution in [0, 0.1) is 0 Å². The van der Waals surface area contributed by atoms with Gasteiger partial charge in [-0.1, -0.05) is 31.9 Å². The van der Waals surface area contributed by atoms with E-state index in [-0.39, 0.29) is 29.5 Å². The molecule has 2 aliphatic rings. The van der Waals surface area contributed by atoms with Crippen LogP contribution in [0.5, 0.6) is 0 Å². The molecular formula is C19H31IN4S. The van der Waals surface area contributed by atoms with E-state index in [9.17, 15) is 0 Å². The molecule has 140 valence electrons. The van der Waals surface area contributed by atoms with Crippen molar-refractivity contribution in [2.24, 2.45) is 10.7 Å². The van der Waals surface area contributed by atoms with Crippen LogP contribution in [0.4, 0.5) is 5.69 Å². The van der Waals surface area contributed by atoms with Crippen molar-refractivity contribution in [3.05, 3.63) is 29.8 Å². The molecule has 4 nitrogen and oxygen atoms in total. The van der Waals surface area contributed by atoms with Crippen molar-refractivity contribution in [2.45, 2.75) is 44.6 Å². The number of aryl methyl sites for hydroxylation is 1. The number of anilines is 1. The first-order valence-corrected chi connectivity index (χ1v) is 10.4. The summed E-state index contributed by atoms with van der Waals surface area (Å²) >= 11 is 2.07. The molecule has 3 rings (SSSR count). The molecule has 0 unspecified atom stereocenters. The van der Waals surface area contributed by atoms with E-state index in [2.05, 4.69) is 53.2 Å². The van der Waals surface area contributed by atoms with Gasteiger partial charge in [0.1, 0.15) is 0 Å². The lowest BCUT2D eigenvalue weighted by Crippen LogP contribution is -2.52. The van der Waals surface area contributed by atoms with E-state index in [1.807, 2.05) is 0 Å². The number of hydrogen-bond acceptors (Lipinski definition) is 3. The van der Waals surface area contributed by atoms with Gasteiger partial charge in [0.15, 0.2) is 5.96 Å². The number of nitrogens with two attached hydrogens (primary N) is 1. The van der Waals surface area contributed by atoms with E-state index in [1.165, 1.54) is 55.8 Å². The van der Waals surface area contributed by atoms with E-state index < -0.39 is 0 Å². The molecule has 1 aliphatic carbocycles. The van der Waals surface area contributed by atoms with Crippen LogP contribution in [0.25, 0.3) is 0 Å². The van der Waals surface area contributed by atoms with Crippen LogP contribution in [-0.4, -0.2) is 47.5 Å². The first-order valence-electron chi connectivity index (χ1n) is 9.20. The second-order valence-corrected chi connectivity index (χ2v) is 8.14. The molecule has 6 heteroatoms. The summed E-state index contributed by atoms with van der Waals surface area (Å²) in [5, 5.41) is 3.27. The molecule has 1 saturated heterocycles. The lowest BCUT2D eigenvalue weighted by atomic mass is 9.95. The Morgan fingerprint density at radius 2 is 2.00 bits per heavy atom. The summed E-state index contributed by atoms with van der Waals surface area (Å²) < 4.78 is 0. The van der Waals surface area contributed by atoms with Crippen LogP contribution in [-0.2, 0) is 6.42 Å². The number of guanidine groups is 1. The van der Waals surface area contributed by atoms with Crippen molar-refractivity contribution in [1.29, 1.82) is 0 Å². The van der Waals surface area contributed by atoms with Gasteiger partial charge in [0.05, 0.1) is 6.54 Å². The maximum Gasteiger partial charge on any atom is 0.193 e. The molecule has 1 saturated carbocycles. The van der Waals surface area contributed by atoms with Gasteiger partial charge in [-0.2, -0.15) is 11.8 Å². The number of hydrogen-bond donors (Lipinski definition) is 2. The second-order valence-electron chi connectivity index (χ2n) is 6.91. The molecule has 0 radical (unpaired) electrons. The Hall–Kier alpha value is -0.470.